The predicted molar refractivity (Wildman–Crippen MR) is 90.7 cm³/mol. The molecule has 1 unspecified atom stereocenters. The van der Waals surface area contributed by atoms with Gasteiger partial charge in [-0.05, 0) is 12.8 Å². The minimum absolute atomic E-state index is 0.0733. The number of hydrogen-bond acceptors (Lipinski definition) is 4. The van der Waals surface area contributed by atoms with Crippen LogP contribution >= 0.6 is 0 Å². The molecule has 0 saturated carbocycles. The van der Waals surface area contributed by atoms with E-state index in [1.807, 2.05) is 27.7 Å². The summed E-state index contributed by atoms with van der Waals surface area (Å²) in [6, 6.07) is 0. The minimum Gasteiger partial charge on any atom is -0.465 e. The van der Waals surface area contributed by atoms with Gasteiger partial charge >= 0.3 is 5.97 Å². The second kappa shape index (κ2) is 10.8. The largest absolute Gasteiger partial charge is 0.465 e. The van der Waals surface area contributed by atoms with E-state index >= 15 is 0 Å². The number of hydrogen-bond donors (Lipinski definition) is 0. The lowest BCUT2D eigenvalue weighted by molar-refractivity contribution is -0.154. The maximum atomic E-state index is 11.4. The Morgan fingerprint density at radius 1 is 0.955 bits per heavy atom. The molecule has 0 bridgehead atoms. The van der Waals surface area contributed by atoms with E-state index in [1.54, 1.807) is 14.0 Å². The van der Waals surface area contributed by atoms with Gasteiger partial charge in [0, 0.05) is 18.4 Å². The van der Waals surface area contributed by atoms with Gasteiger partial charge in [-0.3, -0.25) is 9.59 Å². The van der Waals surface area contributed by atoms with Crippen LogP contribution in [-0.4, -0.2) is 31.6 Å². The van der Waals surface area contributed by atoms with Gasteiger partial charge in [0.05, 0.1) is 18.6 Å². The minimum atomic E-state index is -0.159. The van der Waals surface area contributed by atoms with Crippen LogP contribution in [0.25, 0.3) is 0 Å². The monoisotopic (exact) mass is 316 g/mol. The molecule has 0 amide bonds. The number of esters is 1. The fourth-order valence-electron chi connectivity index (χ4n) is 2.00. The summed E-state index contributed by atoms with van der Waals surface area (Å²) in [6.45, 7) is 17.8. The molecule has 0 spiro atoms. The summed E-state index contributed by atoms with van der Waals surface area (Å²) in [5.41, 5.74) is -0.159. The van der Waals surface area contributed by atoms with Gasteiger partial charge in [-0.15, -0.1) is 0 Å². The smallest absolute Gasteiger partial charge is 0.308 e. The lowest BCUT2D eigenvalue weighted by atomic mass is 9.81. The molecule has 22 heavy (non-hydrogen) atoms. The molecule has 0 radical (unpaired) electrons. The molecule has 0 fully saturated rings. The normalized spacial score (nSPS) is 13.0. The number of Topliss-reactive ketones (excluding diaryl/α,β-unsaturated/α-hetero) is 1. The van der Waals surface area contributed by atoms with Crippen molar-refractivity contribution in [1.29, 1.82) is 0 Å². The fourth-order valence-corrected chi connectivity index (χ4v) is 2.00. The van der Waals surface area contributed by atoms with Crippen LogP contribution in [0.5, 0.6) is 0 Å². The van der Waals surface area contributed by atoms with Gasteiger partial charge in [-0.1, -0.05) is 55.4 Å². The number of ketones is 1. The summed E-state index contributed by atoms with van der Waals surface area (Å²) in [5, 5.41) is 0. The fraction of sp³-hybridized carbons (Fsp3) is 0.889. The quantitative estimate of drug-likeness (QED) is 0.663. The molecule has 0 saturated heterocycles. The summed E-state index contributed by atoms with van der Waals surface area (Å²) in [4.78, 5) is 21.6. The number of methoxy groups -OCH3 is 1. The van der Waals surface area contributed by atoms with E-state index < -0.39 is 0 Å². The van der Waals surface area contributed by atoms with E-state index in [0.717, 1.165) is 0 Å². The molecule has 0 aromatic heterocycles. The molecule has 4 heteroatoms. The molecule has 0 N–H and O–H groups in total. The van der Waals surface area contributed by atoms with Crippen LogP contribution in [0.2, 0.25) is 0 Å². The zero-order chi connectivity index (χ0) is 18.1. The molecule has 0 aliphatic heterocycles. The van der Waals surface area contributed by atoms with Gasteiger partial charge in [-0.2, -0.15) is 0 Å². The second-order valence-electron chi connectivity index (χ2n) is 7.42. The van der Waals surface area contributed by atoms with Crippen molar-refractivity contribution in [3.63, 3.8) is 0 Å². The first kappa shape index (κ1) is 23.4. The standard InChI is InChI=1S/C13H26O3.C5H10O/c1-9(2)11(15-7)13(5,6)8-16-12(14)10(3)4;1-4(2)5(3)6/h9-11H,8H2,1-7H3;4H,1-3H3. The van der Waals surface area contributed by atoms with E-state index in [1.165, 1.54) is 0 Å². The Morgan fingerprint density at radius 2 is 1.36 bits per heavy atom. The van der Waals surface area contributed by atoms with Crippen LogP contribution in [0.15, 0.2) is 0 Å². The maximum Gasteiger partial charge on any atom is 0.308 e. The topological polar surface area (TPSA) is 52.6 Å². The molecule has 0 heterocycles. The van der Waals surface area contributed by atoms with Gasteiger partial charge in [0.1, 0.15) is 5.78 Å². The van der Waals surface area contributed by atoms with E-state index in [0.29, 0.717) is 12.5 Å². The third-order valence-corrected chi connectivity index (χ3v) is 3.50. The van der Waals surface area contributed by atoms with Gasteiger partial charge in [0.15, 0.2) is 0 Å². The van der Waals surface area contributed by atoms with Gasteiger partial charge < -0.3 is 9.47 Å². The Morgan fingerprint density at radius 3 is 1.59 bits per heavy atom. The predicted octanol–water partition coefficient (Wildman–Crippen LogP) is 4.11. The molecule has 0 aromatic rings. The molecular formula is C18H36O4. The van der Waals surface area contributed by atoms with Crippen LogP contribution < -0.4 is 0 Å². The summed E-state index contributed by atoms with van der Waals surface area (Å²) in [5.74, 6) is 0.653. The number of ether oxygens (including phenoxy) is 2. The molecule has 0 rings (SSSR count). The van der Waals surface area contributed by atoms with Crippen molar-refractivity contribution in [1.82, 2.24) is 0 Å². The number of carbonyl (C=O) groups is 2. The zero-order valence-corrected chi connectivity index (χ0v) is 16.1. The van der Waals surface area contributed by atoms with E-state index in [-0.39, 0.29) is 35.1 Å². The van der Waals surface area contributed by atoms with Crippen LogP contribution in [0.3, 0.4) is 0 Å². The van der Waals surface area contributed by atoms with Crippen molar-refractivity contribution >= 4 is 11.8 Å². The zero-order valence-electron chi connectivity index (χ0n) is 16.1. The van der Waals surface area contributed by atoms with E-state index in [2.05, 4.69) is 27.7 Å². The van der Waals surface area contributed by atoms with Crippen molar-refractivity contribution in [2.75, 3.05) is 13.7 Å². The SMILES string of the molecule is CC(=O)C(C)C.COC(C(C)C)C(C)(C)COC(=O)C(C)C. The lowest BCUT2D eigenvalue weighted by Crippen LogP contribution is -2.40. The molecule has 0 aliphatic rings. The number of carbonyl (C=O) groups excluding carboxylic acids is 2. The van der Waals surface area contributed by atoms with Crippen LogP contribution in [-0.2, 0) is 19.1 Å². The van der Waals surface area contributed by atoms with E-state index in [4.69, 9.17) is 9.47 Å². The highest BCUT2D eigenvalue weighted by molar-refractivity contribution is 5.77. The van der Waals surface area contributed by atoms with Crippen molar-refractivity contribution < 1.29 is 19.1 Å². The Hall–Kier alpha value is -0.900. The third kappa shape index (κ3) is 9.93. The average molecular weight is 316 g/mol. The summed E-state index contributed by atoms with van der Waals surface area (Å²) >= 11 is 0. The first-order chi connectivity index (χ1) is 9.86. The first-order valence-electron chi connectivity index (χ1n) is 8.06. The van der Waals surface area contributed by atoms with Crippen molar-refractivity contribution in [3.05, 3.63) is 0 Å². The molecule has 0 aromatic carbocycles. The summed E-state index contributed by atoms with van der Waals surface area (Å²) in [6.07, 6.45) is 0.0902. The summed E-state index contributed by atoms with van der Waals surface area (Å²) in [7, 11) is 1.71. The highest BCUT2D eigenvalue weighted by Crippen LogP contribution is 2.29. The Kier molecular flexibility index (Phi) is 11.4. The average Bonchev–Trinajstić information content (AvgIpc) is 2.36. The van der Waals surface area contributed by atoms with Crippen molar-refractivity contribution in [2.45, 2.75) is 68.4 Å². The molecule has 1 atom stereocenters. The highest BCUT2D eigenvalue weighted by Gasteiger charge is 2.33. The van der Waals surface area contributed by atoms with Crippen LogP contribution in [0, 0.1) is 23.2 Å². The lowest BCUT2D eigenvalue weighted by Gasteiger charge is -2.35. The van der Waals surface area contributed by atoms with Crippen molar-refractivity contribution in [3.8, 4) is 0 Å². The van der Waals surface area contributed by atoms with Gasteiger partial charge in [0.25, 0.3) is 0 Å². The second-order valence-corrected chi connectivity index (χ2v) is 7.42. The Labute approximate surface area is 136 Å². The maximum absolute atomic E-state index is 11.4. The summed E-state index contributed by atoms with van der Waals surface area (Å²) < 4.78 is 10.8. The number of rotatable bonds is 7. The van der Waals surface area contributed by atoms with Crippen LogP contribution in [0.4, 0.5) is 0 Å². The Bertz CT molecular complexity index is 330. The molecule has 132 valence electrons. The van der Waals surface area contributed by atoms with Crippen molar-refractivity contribution in [2.24, 2.45) is 23.2 Å². The Balaban J connectivity index is 0. The first-order valence-corrected chi connectivity index (χ1v) is 8.06. The van der Waals surface area contributed by atoms with Gasteiger partial charge in [-0.25, -0.2) is 0 Å². The molecule has 4 nitrogen and oxygen atoms in total. The molecular weight excluding hydrogens is 280 g/mol. The molecule has 0 aliphatic carbocycles. The third-order valence-electron chi connectivity index (χ3n) is 3.50. The van der Waals surface area contributed by atoms with Crippen LogP contribution in [0.1, 0.15) is 62.3 Å². The van der Waals surface area contributed by atoms with E-state index in [9.17, 15) is 9.59 Å². The highest BCUT2D eigenvalue weighted by atomic mass is 16.5. The van der Waals surface area contributed by atoms with Gasteiger partial charge in [0.2, 0.25) is 0 Å².